The lowest BCUT2D eigenvalue weighted by atomic mass is 9.66. The molecule has 2 fully saturated rings. The molecule has 1 saturated carbocycles. The van der Waals surface area contributed by atoms with Gasteiger partial charge in [-0.15, -0.1) is 0 Å². The van der Waals surface area contributed by atoms with Gasteiger partial charge in [0.2, 0.25) is 5.91 Å². The summed E-state index contributed by atoms with van der Waals surface area (Å²) in [7, 11) is 7.38. The normalized spacial score (nSPS) is 24.2. The van der Waals surface area contributed by atoms with Crippen molar-refractivity contribution in [1.82, 2.24) is 28.3 Å². The van der Waals surface area contributed by atoms with E-state index in [1.165, 1.54) is 26.1 Å². The van der Waals surface area contributed by atoms with Crippen LogP contribution in [-0.2, 0) is 26.3 Å². The van der Waals surface area contributed by atoms with Crippen molar-refractivity contribution >= 4 is 44.5 Å². The predicted molar refractivity (Wildman–Crippen MR) is 184 cm³/mol. The van der Waals surface area contributed by atoms with Crippen molar-refractivity contribution in [3.05, 3.63) is 52.9 Å². The first-order valence-corrected chi connectivity index (χ1v) is 18.2. The highest BCUT2D eigenvalue weighted by Gasteiger charge is 2.59. The van der Waals surface area contributed by atoms with Crippen LogP contribution in [0.1, 0.15) is 66.1 Å². The van der Waals surface area contributed by atoms with E-state index in [9.17, 15) is 22.8 Å². The van der Waals surface area contributed by atoms with E-state index in [4.69, 9.17) is 4.74 Å². The molecule has 0 spiro atoms. The highest BCUT2D eigenvalue weighted by atomic mass is 32.2. The number of urea groups is 1. The molecule has 48 heavy (non-hydrogen) atoms. The van der Waals surface area contributed by atoms with Crippen LogP contribution in [0.2, 0.25) is 0 Å². The monoisotopic (exact) mass is 680 g/mol. The Morgan fingerprint density at radius 3 is 2.29 bits per heavy atom. The van der Waals surface area contributed by atoms with Crippen LogP contribution in [0, 0.1) is 17.3 Å². The Morgan fingerprint density at radius 2 is 1.67 bits per heavy atom. The third-order valence-electron chi connectivity index (χ3n) is 10.9. The van der Waals surface area contributed by atoms with Gasteiger partial charge in [-0.1, -0.05) is 31.4 Å². The Kier molecular flexibility index (Phi) is 8.91. The highest BCUT2D eigenvalue weighted by Crippen LogP contribution is 2.56. The van der Waals surface area contributed by atoms with Crippen LogP contribution in [0.15, 0.2) is 36.1 Å². The number of methoxy groups -OCH3 is 1. The predicted octanol–water partition coefficient (Wildman–Crippen LogP) is 3.86. The number of ether oxygens (including phenoxy) is 1. The van der Waals surface area contributed by atoms with Crippen LogP contribution in [0.5, 0.6) is 0 Å². The lowest BCUT2D eigenvalue weighted by Crippen LogP contribution is -2.50. The van der Waals surface area contributed by atoms with Crippen molar-refractivity contribution in [3.63, 3.8) is 0 Å². The maximum Gasteiger partial charge on any atom is 0.319 e. The van der Waals surface area contributed by atoms with Crippen LogP contribution in [0.4, 0.5) is 4.79 Å². The molecule has 3 unspecified atom stereocenters. The first-order chi connectivity index (χ1) is 22.7. The molecule has 0 radical (unpaired) electrons. The van der Waals surface area contributed by atoms with Crippen LogP contribution in [0.25, 0.3) is 16.5 Å². The van der Waals surface area contributed by atoms with Gasteiger partial charge in [0.25, 0.3) is 5.91 Å². The summed E-state index contributed by atoms with van der Waals surface area (Å²) in [5.41, 5.74) is 3.46. The van der Waals surface area contributed by atoms with Gasteiger partial charge >= 0.3 is 16.2 Å². The zero-order valence-electron chi connectivity index (χ0n) is 29.1. The molecule has 6 rings (SSSR count). The van der Waals surface area contributed by atoms with Gasteiger partial charge in [-0.3, -0.25) is 9.59 Å². The Balaban J connectivity index is 1.64. The number of carbonyl (C=O) groups excluding carboxylic acids is 3. The molecule has 3 heterocycles. The molecule has 2 aromatic rings. The Bertz CT molecular complexity index is 1820. The van der Waals surface area contributed by atoms with Crippen molar-refractivity contribution in [3.8, 4) is 0 Å². The van der Waals surface area contributed by atoms with Gasteiger partial charge in [-0.2, -0.15) is 12.7 Å². The van der Waals surface area contributed by atoms with Crippen LogP contribution < -0.4 is 4.72 Å². The molecule has 0 bridgehead atoms. The van der Waals surface area contributed by atoms with Crippen molar-refractivity contribution in [2.75, 3.05) is 62.5 Å². The van der Waals surface area contributed by atoms with Gasteiger partial charge in [-0.25, -0.2) is 9.52 Å². The summed E-state index contributed by atoms with van der Waals surface area (Å²) in [6, 6.07) is 5.27. The minimum atomic E-state index is -4.01. The molecule has 4 amide bonds. The molecule has 12 nitrogen and oxygen atoms in total. The molecule has 260 valence electrons. The lowest BCUT2D eigenvalue weighted by Gasteiger charge is -2.38. The topological polar surface area (TPSA) is 124 Å². The summed E-state index contributed by atoms with van der Waals surface area (Å²) in [5.74, 6) is 0.0522. The summed E-state index contributed by atoms with van der Waals surface area (Å²) >= 11 is 0. The number of benzene rings is 1. The maximum atomic E-state index is 14.6. The van der Waals surface area contributed by atoms with Crippen molar-refractivity contribution in [1.29, 1.82) is 0 Å². The average molecular weight is 681 g/mol. The first kappa shape index (κ1) is 34.0. The number of hydrogen-bond acceptors (Lipinski definition) is 6. The zero-order valence-corrected chi connectivity index (χ0v) is 29.9. The van der Waals surface area contributed by atoms with E-state index in [1.807, 2.05) is 12.1 Å². The fourth-order valence-electron chi connectivity index (χ4n) is 8.59. The number of nitrogens with zero attached hydrogens (tertiary/aromatic N) is 5. The molecule has 4 aliphatic rings. The molecule has 1 aromatic heterocycles. The quantitative estimate of drug-likeness (QED) is 0.495. The van der Waals surface area contributed by atoms with Gasteiger partial charge in [0.15, 0.2) is 0 Å². The van der Waals surface area contributed by atoms with Gasteiger partial charge in [0, 0.05) is 96.4 Å². The Labute approximate surface area is 283 Å². The van der Waals surface area contributed by atoms with E-state index in [0.29, 0.717) is 25.4 Å². The van der Waals surface area contributed by atoms with Gasteiger partial charge in [0.1, 0.15) is 0 Å². The van der Waals surface area contributed by atoms with Crippen molar-refractivity contribution < 1.29 is 27.5 Å². The number of allylic oxidation sites excluding steroid dienone is 4. The van der Waals surface area contributed by atoms with Crippen molar-refractivity contribution in [2.45, 2.75) is 51.0 Å². The van der Waals surface area contributed by atoms with E-state index in [-0.39, 0.29) is 35.9 Å². The second kappa shape index (κ2) is 12.6. The molecule has 13 heteroatoms. The summed E-state index contributed by atoms with van der Waals surface area (Å²) in [6.07, 6.45) is 10.3. The Hall–Kier alpha value is -3.84. The number of likely N-dealkylation sites (tertiary alicyclic amines) is 1. The number of hydrogen-bond donors (Lipinski definition) is 1. The third kappa shape index (κ3) is 5.58. The maximum absolute atomic E-state index is 14.6. The number of nitrogens with one attached hydrogen (secondary N) is 1. The minimum absolute atomic E-state index is 0.0469. The number of amides is 4. The fraction of sp³-hybridized carbons (Fsp3) is 0.571. The van der Waals surface area contributed by atoms with Crippen LogP contribution >= 0.6 is 0 Å². The van der Waals surface area contributed by atoms with Gasteiger partial charge < -0.3 is 24.0 Å². The summed E-state index contributed by atoms with van der Waals surface area (Å²) in [5, 5.41) is 1.01. The molecule has 3 atom stereocenters. The van der Waals surface area contributed by atoms with Gasteiger partial charge in [-0.05, 0) is 54.0 Å². The number of carbonyl (C=O) groups is 3. The van der Waals surface area contributed by atoms with E-state index in [1.54, 1.807) is 62.1 Å². The zero-order chi connectivity index (χ0) is 34.7. The number of aromatic nitrogens is 1. The average Bonchev–Trinajstić information content (AvgIpc) is 3.56. The molecular formula is C35H48N6O6S. The standard InChI is InChI=1S/C35H48N6O6S/c1-37(2)33(43)35-20-40(34(44)38(3)4)19-28(35)27-18-24(47-7)14-16-25(27)31-30(22-11-9-8-10-12-22)26-15-13-23(17-29(26)41(31)21-35)32(42)36-48(45,46)39(5)6/h13-17,22,27-28H,8-12,18-21H2,1-7H3,(H,36,42). The molecule has 1 N–H and O–H groups in total. The van der Waals surface area contributed by atoms with E-state index < -0.39 is 21.5 Å². The SMILES string of the molecule is COC1=CC=C2c3c(C4CCCCC4)c4ccc(C(=O)NS(=O)(=O)N(C)C)cc4n3CC3(C(=O)N(C)C)CN(C(=O)N(C)C)CC3C2C1. The summed E-state index contributed by atoms with van der Waals surface area (Å²) in [6.45, 7) is 0.982. The largest absolute Gasteiger partial charge is 0.501 e. The first-order valence-electron chi connectivity index (χ1n) is 16.7. The Morgan fingerprint density at radius 1 is 0.958 bits per heavy atom. The summed E-state index contributed by atoms with van der Waals surface area (Å²) in [4.78, 5) is 46.5. The van der Waals surface area contributed by atoms with Crippen LogP contribution in [0.3, 0.4) is 0 Å². The molecular weight excluding hydrogens is 632 g/mol. The summed E-state index contributed by atoms with van der Waals surface area (Å²) < 4.78 is 36.4. The fourth-order valence-corrected chi connectivity index (χ4v) is 9.13. The lowest BCUT2D eigenvalue weighted by molar-refractivity contribution is -0.142. The van der Waals surface area contributed by atoms with Crippen LogP contribution in [-0.4, -0.2) is 112 Å². The minimum Gasteiger partial charge on any atom is -0.501 e. The van der Waals surface area contributed by atoms with Crippen molar-refractivity contribution in [2.24, 2.45) is 17.3 Å². The number of rotatable bonds is 6. The van der Waals surface area contributed by atoms with E-state index in [0.717, 1.165) is 57.9 Å². The third-order valence-corrected chi connectivity index (χ3v) is 12.3. The number of fused-ring (bicyclic) bond motifs is 7. The van der Waals surface area contributed by atoms with E-state index in [2.05, 4.69) is 15.4 Å². The molecule has 2 aliphatic heterocycles. The second-order valence-corrected chi connectivity index (χ2v) is 16.3. The molecule has 2 aliphatic carbocycles. The van der Waals surface area contributed by atoms with E-state index >= 15 is 0 Å². The highest BCUT2D eigenvalue weighted by molar-refractivity contribution is 7.87. The van der Waals surface area contributed by atoms with Gasteiger partial charge in [0.05, 0.1) is 18.3 Å². The molecule has 1 aromatic carbocycles. The smallest absolute Gasteiger partial charge is 0.319 e. The molecule has 1 saturated heterocycles. The second-order valence-electron chi connectivity index (χ2n) is 14.4.